The molecule has 0 aliphatic rings. The van der Waals surface area contributed by atoms with Crippen LogP contribution in [0.15, 0.2) is 53.4 Å². The Labute approximate surface area is 143 Å². The first-order valence-corrected chi connectivity index (χ1v) is 8.59. The quantitative estimate of drug-likeness (QED) is 0.714. The van der Waals surface area contributed by atoms with Crippen LogP contribution in [0.1, 0.15) is 10.4 Å². The van der Waals surface area contributed by atoms with E-state index in [9.17, 15) is 18.0 Å². The van der Waals surface area contributed by atoms with Gasteiger partial charge in [-0.05, 0) is 48.5 Å². The fourth-order valence-electron chi connectivity index (χ4n) is 1.79. The van der Waals surface area contributed by atoms with Gasteiger partial charge in [0.2, 0.25) is 5.91 Å². The normalized spacial score (nSPS) is 10.9. The van der Waals surface area contributed by atoms with Gasteiger partial charge in [-0.3, -0.25) is 14.3 Å². The van der Waals surface area contributed by atoms with Crippen LogP contribution in [0.25, 0.3) is 0 Å². The molecule has 0 unspecified atom stereocenters. The van der Waals surface area contributed by atoms with Crippen LogP contribution in [0, 0.1) is 0 Å². The Morgan fingerprint density at radius 3 is 2.12 bits per heavy atom. The molecule has 2 rings (SSSR count). The third-order valence-corrected chi connectivity index (χ3v) is 4.60. The zero-order valence-electron chi connectivity index (χ0n) is 12.3. The number of carbonyl (C=O) groups is 2. The molecular weight excluding hydrogens is 354 g/mol. The van der Waals surface area contributed by atoms with Crippen LogP contribution in [-0.4, -0.2) is 26.8 Å². The number of halogens is 1. The highest BCUT2D eigenvalue weighted by Gasteiger charge is 2.15. The summed E-state index contributed by atoms with van der Waals surface area (Å²) in [5.74, 6) is -1.20. The number of carbonyl (C=O) groups excluding carboxylic acids is 2. The summed E-state index contributed by atoms with van der Waals surface area (Å²) in [5, 5.41) is 2.80. The molecule has 0 heterocycles. The van der Waals surface area contributed by atoms with Gasteiger partial charge in [0.1, 0.15) is 0 Å². The van der Waals surface area contributed by atoms with Gasteiger partial charge < -0.3 is 11.1 Å². The highest BCUT2D eigenvalue weighted by molar-refractivity contribution is 7.92. The summed E-state index contributed by atoms with van der Waals surface area (Å²) >= 11 is 5.75. The molecular formula is C15H14ClN3O4S. The fourth-order valence-corrected chi connectivity index (χ4v) is 2.97. The van der Waals surface area contributed by atoms with Crippen molar-refractivity contribution in [2.75, 3.05) is 11.3 Å². The van der Waals surface area contributed by atoms with Crippen LogP contribution in [-0.2, 0) is 14.8 Å². The average Bonchev–Trinajstić information content (AvgIpc) is 2.54. The fraction of sp³-hybridized carbons (Fsp3) is 0.0667. The smallest absolute Gasteiger partial charge is 0.261 e. The van der Waals surface area contributed by atoms with E-state index in [0.717, 1.165) is 0 Å². The summed E-state index contributed by atoms with van der Waals surface area (Å²) in [6.45, 7) is -0.295. The van der Waals surface area contributed by atoms with Crippen molar-refractivity contribution in [1.29, 1.82) is 0 Å². The second-order valence-electron chi connectivity index (χ2n) is 4.79. The van der Waals surface area contributed by atoms with E-state index in [1.807, 2.05) is 0 Å². The molecule has 0 atom stereocenters. The Hall–Kier alpha value is -2.58. The minimum absolute atomic E-state index is 0.0103. The van der Waals surface area contributed by atoms with Gasteiger partial charge in [0.25, 0.3) is 15.9 Å². The average molecular weight is 368 g/mol. The van der Waals surface area contributed by atoms with E-state index in [0.29, 0.717) is 10.7 Å². The van der Waals surface area contributed by atoms with Gasteiger partial charge in [-0.1, -0.05) is 11.6 Å². The zero-order chi connectivity index (χ0) is 17.7. The van der Waals surface area contributed by atoms with Crippen molar-refractivity contribution < 1.29 is 18.0 Å². The standard InChI is InChI=1S/C15H14ClN3O4S/c16-11-3-5-12(6-4-11)19-24(22,23)13-7-1-10(2-8-13)15(21)18-9-14(17)20/h1-8,19H,9H2,(H2,17,20)(H,18,21). The van der Waals surface area contributed by atoms with Gasteiger partial charge in [0.15, 0.2) is 0 Å². The molecule has 4 N–H and O–H groups in total. The number of nitrogens with two attached hydrogens (primary N) is 1. The zero-order valence-corrected chi connectivity index (χ0v) is 13.9. The Morgan fingerprint density at radius 1 is 1.00 bits per heavy atom. The maximum absolute atomic E-state index is 12.3. The second-order valence-corrected chi connectivity index (χ2v) is 6.90. The van der Waals surface area contributed by atoms with Crippen molar-refractivity contribution in [3.8, 4) is 0 Å². The summed E-state index contributed by atoms with van der Waals surface area (Å²) in [7, 11) is -3.79. The van der Waals surface area contributed by atoms with Gasteiger partial charge in [-0.2, -0.15) is 0 Å². The van der Waals surface area contributed by atoms with Crippen LogP contribution in [0.2, 0.25) is 5.02 Å². The predicted octanol–water partition coefficient (Wildman–Crippen LogP) is 1.36. The van der Waals surface area contributed by atoms with Crippen LogP contribution >= 0.6 is 11.6 Å². The molecule has 0 radical (unpaired) electrons. The summed E-state index contributed by atoms with van der Waals surface area (Å²) in [6, 6.07) is 11.4. The van der Waals surface area contributed by atoms with Crippen molar-refractivity contribution in [1.82, 2.24) is 5.32 Å². The Balaban J connectivity index is 2.12. The Bertz CT molecular complexity index is 849. The molecule has 0 saturated heterocycles. The molecule has 9 heteroatoms. The van der Waals surface area contributed by atoms with Gasteiger partial charge in [0.05, 0.1) is 11.4 Å². The summed E-state index contributed by atoms with van der Waals surface area (Å²) < 4.78 is 27.0. The lowest BCUT2D eigenvalue weighted by molar-refractivity contribution is -0.117. The molecule has 0 fully saturated rings. The van der Waals surface area contributed by atoms with Crippen LogP contribution in [0.3, 0.4) is 0 Å². The SMILES string of the molecule is NC(=O)CNC(=O)c1ccc(S(=O)(=O)Nc2ccc(Cl)cc2)cc1. The number of rotatable bonds is 6. The Morgan fingerprint density at radius 2 is 1.58 bits per heavy atom. The maximum Gasteiger partial charge on any atom is 0.261 e. The van der Waals surface area contributed by atoms with Crippen molar-refractivity contribution in [2.45, 2.75) is 4.90 Å². The summed E-state index contributed by atoms with van der Waals surface area (Å²) in [5.41, 5.74) is 5.51. The monoisotopic (exact) mass is 367 g/mol. The van der Waals surface area contributed by atoms with Gasteiger partial charge in [-0.25, -0.2) is 8.42 Å². The maximum atomic E-state index is 12.3. The van der Waals surface area contributed by atoms with Crippen molar-refractivity contribution >= 4 is 39.1 Å². The lowest BCUT2D eigenvalue weighted by Gasteiger charge is -2.09. The van der Waals surface area contributed by atoms with E-state index >= 15 is 0 Å². The van der Waals surface area contributed by atoms with Crippen molar-refractivity contribution in [3.63, 3.8) is 0 Å². The highest BCUT2D eigenvalue weighted by atomic mass is 35.5. The van der Waals surface area contributed by atoms with Gasteiger partial charge in [-0.15, -0.1) is 0 Å². The minimum Gasteiger partial charge on any atom is -0.368 e. The van der Waals surface area contributed by atoms with Gasteiger partial charge >= 0.3 is 0 Å². The highest BCUT2D eigenvalue weighted by Crippen LogP contribution is 2.18. The van der Waals surface area contributed by atoms with Crippen LogP contribution in [0.4, 0.5) is 5.69 Å². The molecule has 0 saturated carbocycles. The molecule has 7 nitrogen and oxygen atoms in total. The molecule has 0 aliphatic carbocycles. The topological polar surface area (TPSA) is 118 Å². The molecule has 0 aromatic heterocycles. The van der Waals surface area contributed by atoms with E-state index < -0.39 is 21.8 Å². The minimum atomic E-state index is -3.79. The summed E-state index contributed by atoms with van der Waals surface area (Å²) in [4.78, 5) is 22.4. The summed E-state index contributed by atoms with van der Waals surface area (Å²) in [6.07, 6.45) is 0. The molecule has 24 heavy (non-hydrogen) atoms. The molecule has 2 aromatic carbocycles. The van der Waals surface area contributed by atoms with E-state index in [1.54, 1.807) is 12.1 Å². The largest absolute Gasteiger partial charge is 0.368 e. The number of amides is 2. The van der Waals surface area contributed by atoms with E-state index in [2.05, 4.69) is 10.0 Å². The Kier molecular flexibility index (Phi) is 5.42. The number of hydrogen-bond donors (Lipinski definition) is 3. The molecule has 126 valence electrons. The van der Waals surface area contributed by atoms with Crippen molar-refractivity contribution in [2.24, 2.45) is 5.73 Å². The lowest BCUT2D eigenvalue weighted by Crippen LogP contribution is -2.33. The van der Waals surface area contributed by atoms with E-state index in [1.165, 1.54) is 36.4 Å². The molecule has 0 spiro atoms. The number of sulfonamides is 1. The molecule has 2 aromatic rings. The molecule has 0 bridgehead atoms. The van der Waals surface area contributed by atoms with Crippen molar-refractivity contribution in [3.05, 3.63) is 59.1 Å². The van der Waals surface area contributed by atoms with E-state index in [-0.39, 0.29) is 17.0 Å². The molecule has 2 amide bonds. The van der Waals surface area contributed by atoms with Gasteiger partial charge in [0, 0.05) is 16.3 Å². The first-order valence-electron chi connectivity index (χ1n) is 6.73. The van der Waals surface area contributed by atoms with Crippen LogP contribution < -0.4 is 15.8 Å². The van der Waals surface area contributed by atoms with Crippen LogP contribution in [0.5, 0.6) is 0 Å². The number of benzene rings is 2. The number of hydrogen-bond acceptors (Lipinski definition) is 4. The van der Waals surface area contributed by atoms with E-state index in [4.69, 9.17) is 17.3 Å². The number of primary amides is 1. The third-order valence-electron chi connectivity index (χ3n) is 2.95. The first kappa shape index (κ1) is 17.8. The number of nitrogens with one attached hydrogen (secondary N) is 2. The predicted molar refractivity (Wildman–Crippen MR) is 90.2 cm³/mol. The first-order chi connectivity index (χ1) is 11.3. The number of anilines is 1. The second kappa shape index (κ2) is 7.33. The lowest BCUT2D eigenvalue weighted by atomic mass is 10.2. The molecule has 0 aliphatic heterocycles. The third kappa shape index (κ3) is 4.71.